The maximum atomic E-state index is 5.90. The van der Waals surface area contributed by atoms with E-state index in [1.54, 1.807) is 0 Å². The van der Waals surface area contributed by atoms with Gasteiger partial charge in [-0.1, -0.05) is 24.3 Å². The van der Waals surface area contributed by atoms with E-state index in [2.05, 4.69) is 75.6 Å². The molecule has 0 unspecified atom stereocenters. The molecule has 2 aliphatic heterocycles. The van der Waals surface area contributed by atoms with Gasteiger partial charge in [0.2, 0.25) is 0 Å². The van der Waals surface area contributed by atoms with E-state index in [1.165, 1.54) is 11.3 Å². The van der Waals surface area contributed by atoms with Gasteiger partial charge in [0.05, 0.1) is 17.8 Å². The molecule has 6 heteroatoms. The van der Waals surface area contributed by atoms with Gasteiger partial charge in [-0.3, -0.25) is 5.10 Å². The maximum Gasteiger partial charge on any atom is 0.132 e. The lowest BCUT2D eigenvalue weighted by molar-refractivity contribution is 0.313. The molecule has 156 valence electrons. The van der Waals surface area contributed by atoms with E-state index < -0.39 is 0 Å². The van der Waals surface area contributed by atoms with Crippen LogP contribution in [0.15, 0.2) is 54.6 Å². The second-order valence-corrected chi connectivity index (χ2v) is 8.39. The van der Waals surface area contributed by atoms with Crippen LogP contribution in [-0.4, -0.2) is 59.9 Å². The van der Waals surface area contributed by atoms with Gasteiger partial charge in [-0.15, -0.1) is 0 Å². The van der Waals surface area contributed by atoms with Gasteiger partial charge in [0, 0.05) is 49.4 Å². The Morgan fingerprint density at radius 2 is 1.77 bits per heavy atom. The molecule has 0 amide bonds. The van der Waals surface area contributed by atoms with Crippen LogP contribution < -0.4 is 9.64 Å². The van der Waals surface area contributed by atoms with Crippen molar-refractivity contribution in [1.29, 1.82) is 0 Å². The normalized spacial score (nSPS) is 16.5. The lowest BCUT2D eigenvalue weighted by Gasteiger charge is -2.34. The number of fused-ring (bicyclic) bond motifs is 2. The minimum absolute atomic E-state index is 0.741. The molecule has 2 aromatic heterocycles. The molecule has 6 nitrogen and oxygen atoms in total. The Balaban J connectivity index is 1.35. The number of rotatable bonds is 3. The summed E-state index contributed by atoms with van der Waals surface area (Å²) in [6.07, 6.45) is 0.960. The van der Waals surface area contributed by atoms with Crippen LogP contribution in [0.1, 0.15) is 5.56 Å². The highest BCUT2D eigenvalue weighted by atomic mass is 16.5. The number of ether oxygens (including phenoxy) is 1. The number of aromatic amines is 1. The predicted octanol–water partition coefficient (Wildman–Crippen LogP) is 3.98. The number of H-pyrrole nitrogens is 1. The highest BCUT2D eigenvalue weighted by molar-refractivity contribution is 5.91. The number of aromatic nitrogens is 3. The fourth-order valence-electron chi connectivity index (χ4n) is 4.56. The van der Waals surface area contributed by atoms with Gasteiger partial charge >= 0.3 is 0 Å². The molecule has 0 atom stereocenters. The molecule has 4 aromatic rings. The van der Waals surface area contributed by atoms with Gasteiger partial charge in [-0.2, -0.15) is 5.10 Å². The van der Waals surface area contributed by atoms with Crippen molar-refractivity contribution >= 4 is 16.7 Å². The monoisotopic (exact) mass is 411 g/mol. The Labute approximate surface area is 181 Å². The third-order valence-electron chi connectivity index (χ3n) is 6.41. The average Bonchev–Trinajstić information content (AvgIpc) is 3.46. The lowest BCUT2D eigenvalue weighted by Crippen LogP contribution is -2.44. The highest BCUT2D eigenvalue weighted by Crippen LogP contribution is 2.37. The van der Waals surface area contributed by atoms with E-state index in [9.17, 15) is 0 Å². The lowest BCUT2D eigenvalue weighted by atomic mass is 10.0. The van der Waals surface area contributed by atoms with Crippen LogP contribution in [0, 0.1) is 0 Å². The molecule has 4 heterocycles. The summed E-state index contributed by atoms with van der Waals surface area (Å²) in [6.45, 7) is 5.08. The van der Waals surface area contributed by atoms with Crippen LogP contribution in [0.4, 0.5) is 5.69 Å². The quantitative estimate of drug-likeness (QED) is 0.553. The first-order valence-corrected chi connectivity index (χ1v) is 10.9. The molecule has 0 spiro atoms. The number of nitrogens with zero attached hydrogens (tertiary/aromatic N) is 4. The summed E-state index contributed by atoms with van der Waals surface area (Å²) in [5.74, 6) is 0.968. The molecule has 1 N–H and O–H groups in total. The molecule has 1 saturated heterocycles. The molecule has 1 fully saturated rings. The van der Waals surface area contributed by atoms with Gasteiger partial charge in [0.15, 0.2) is 0 Å². The van der Waals surface area contributed by atoms with Crippen LogP contribution >= 0.6 is 0 Å². The largest absolute Gasteiger partial charge is 0.492 e. The fraction of sp³-hybridized carbons (Fsp3) is 0.280. The molecule has 0 bridgehead atoms. The van der Waals surface area contributed by atoms with Gasteiger partial charge in [0.25, 0.3) is 0 Å². The van der Waals surface area contributed by atoms with Gasteiger partial charge in [-0.05, 0) is 42.9 Å². The number of likely N-dealkylation sites (N-methyl/N-ethyl adjacent to an activating group) is 1. The van der Waals surface area contributed by atoms with Crippen molar-refractivity contribution in [2.45, 2.75) is 6.42 Å². The first-order valence-electron chi connectivity index (χ1n) is 10.9. The summed E-state index contributed by atoms with van der Waals surface area (Å²) in [4.78, 5) is 9.81. The predicted molar refractivity (Wildman–Crippen MR) is 124 cm³/mol. The SMILES string of the molecule is CN1CCN(c2ccc(-c3n[nH]c4ccc(-c5cccc6c5OCC6)nc34)cc2)CC1. The molecular weight excluding hydrogens is 386 g/mol. The molecule has 6 rings (SSSR count). The van der Waals surface area contributed by atoms with Crippen molar-refractivity contribution in [3.8, 4) is 28.3 Å². The molecule has 2 aliphatic rings. The second-order valence-electron chi connectivity index (χ2n) is 8.39. The van der Waals surface area contributed by atoms with Crippen molar-refractivity contribution in [3.05, 3.63) is 60.2 Å². The zero-order valence-electron chi connectivity index (χ0n) is 17.6. The van der Waals surface area contributed by atoms with E-state index in [0.29, 0.717) is 0 Å². The van der Waals surface area contributed by atoms with Crippen LogP contribution in [0.3, 0.4) is 0 Å². The van der Waals surface area contributed by atoms with Crippen LogP contribution in [-0.2, 0) is 6.42 Å². The fourth-order valence-corrected chi connectivity index (χ4v) is 4.56. The summed E-state index contributed by atoms with van der Waals surface area (Å²) in [5.41, 5.74) is 8.28. The summed E-state index contributed by atoms with van der Waals surface area (Å²) in [7, 11) is 2.18. The third kappa shape index (κ3) is 3.24. The van der Waals surface area contributed by atoms with Crippen LogP contribution in [0.2, 0.25) is 0 Å². The Morgan fingerprint density at radius 1 is 0.935 bits per heavy atom. The summed E-state index contributed by atoms with van der Waals surface area (Å²) in [6, 6.07) is 19.1. The van der Waals surface area contributed by atoms with Gasteiger partial charge < -0.3 is 14.5 Å². The molecule has 2 aromatic carbocycles. The van der Waals surface area contributed by atoms with Crippen molar-refractivity contribution in [1.82, 2.24) is 20.1 Å². The highest BCUT2D eigenvalue weighted by Gasteiger charge is 2.19. The van der Waals surface area contributed by atoms with Gasteiger partial charge in [-0.25, -0.2) is 4.98 Å². The minimum atomic E-state index is 0.741. The van der Waals surface area contributed by atoms with E-state index >= 15 is 0 Å². The van der Waals surface area contributed by atoms with Crippen molar-refractivity contribution in [2.75, 3.05) is 44.7 Å². The molecule has 0 radical (unpaired) electrons. The third-order valence-corrected chi connectivity index (χ3v) is 6.41. The van der Waals surface area contributed by atoms with Crippen LogP contribution in [0.25, 0.3) is 33.5 Å². The Bertz CT molecular complexity index is 1240. The summed E-state index contributed by atoms with van der Waals surface area (Å²) >= 11 is 0. The first kappa shape index (κ1) is 18.4. The zero-order valence-corrected chi connectivity index (χ0v) is 17.6. The Hall–Kier alpha value is -3.38. The Morgan fingerprint density at radius 3 is 2.61 bits per heavy atom. The number of hydrogen-bond acceptors (Lipinski definition) is 5. The maximum absolute atomic E-state index is 5.90. The number of benzene rings is 2. The van der Waals surface area contributed by atoms with Gasteiger partial charge in [0.1, 0.15) is 17.0 Å². The average molecular weight is 412 g/mol. The second kappa shape index (κ2) is 7.39. The first-order chi connectivity index (χ1) is 15.3. The number of nitrogens with one attached hydrogen (secondary N) is 1. The number of para-hydroxylation sites is 1. The van der Waals surface area contributed by atoms with E-state index in [-0.39, 0.29) is 0 Å². The number of piperazine rings is 1. The standard InChI is InChI=1S/C25H25N5O/c1-29-12-14-30(15-13-29)19-7-5-17(6-8-19)23-24-22(27-28-23)10-9-21(26-24)20-4-2-3-18-11-16-31-25(18)20/h2-10H,11-16H2,1H3,(H,27,28). The molecule has 0 saturated carbocycles. The van der Waals surface area contributed by atoms with Crippen molar-refractivity contribution in [2.24, 2.45) is 0 Å². The summed E-state index contributed by atoms with van der Waals surface area (Å²) in [5, 5.41) is 7.73. The van der Waals surface area contributed by atoms with E-state index in [0.717, 1.165) is 78.5 Å². The topological polar surface area (TPSA) is 57.3 Å². The molecular formula is C25H25N5O. The molecule has 31 heavy (non-hydrogen) atoms. The van der Waals surface area contributed by atoms with Crippen molar-refractivity contribution in [3.63, 3.8) is 0 Å². The number of anilines is 1. The molecule has 0 aliphatic carbocycles. The number of hydrogen-bond donors (Lipinski definition) is 1. The summed E-state index contributed by atoms with van der Waals surface area (Å²) < 4.78 is 5.90. The van der Waals surface area contributed by atoms with E-state index in [1.807, 2.05) is 6.07 Å². The van der Waals surface area contributed by atoms with Crippen LogP contribution in [0.5, 0.6) is 5.75 Å². The minimum Gasteiger partial charge on any atom is -0.492 e. The number of pyridine rings is 1. The Kier molecular flexibility index (Phi) is 4.39. The zero-order chi connectivity index (χ0) is 20.8. The smallest absolute Gasteiger partial charge is 0.132 e. The van der Waals surface area contributed by atoms with E-state index in [4.69, 9.17) is 9.72 Å². The van der Waals surface area contributed by atoms with Crippen molar-refractivity contribution < 1.29 is 4.74 Å².